The molecule has 0 radical (unpaired) electrons. The molecule has 0 rings (SSSR count). The van der Waals surface area contributed by atoms with E-state index in [2.05, 4.69) is 0 Å². The van der Waals surface area contributed by atoms with E-state index < -0.39 is 46.7 Å². The maximum absolute atomic E-state index is 13.2. The zero-order chi connectivity index (χ0) is 19.1. The predicted octanol–water partition coefficient (Wildman–Crippen LogP) is 5.52. The van der Waals surface area contributed by atoms with E-state index in [9.17, 15) is 43.7 Å². The maximum atomic E-state index is 13.2. The van der Waals surface area contributed by atoms with Crippen molar-refractivity contribution in [3.63, 3.8) is 0 Å². The molecule has 0 aromatic carbocycles. The molecular formula is C12H18F8O3S. The van der Waals surface area contributed by atoms with Crippen molar-refractivity contribution in [1.82, 2.24) is 0 Å². The lowest BCUT2D eigenvalue weighted by molar-refractivity contribution is -0.173. The molecule has 0 unspecified atom stereocenters. The van der Waals surface area contributed by atoms with E-state index in [0.717, 1.165) is 0 Å². The van der Waals surface area contributed by atoms with Gasteiger partial charge in [-0.1, -0.05) is 36.5 Å². The van der Waals surface area contributed by atoms with Crippen molar-refractivity contribution in [2.24, 2.45) is 0 Å². The SMILES string of the molecule is O=S(=O)(OF)C(F)(F)C(F)(F)CCCCCCCCCC(F)(F)F. The van der Waals surface area contributed by atoms with E-state index >= 15 is 0 Å². The van der Waals surface area contributed by atoms with Crippen LogP contribution in [0.5, 0.6) is 0 Å². The molecule has 0 aliphatic heterocycles. The highest BCUT2D eigenvalue weighted by Crippen LogP contribution is 2.43. The molecule has 0 N–H and O–H groups in total. The van der Waals surface area contributed by atoms with Gasteiger partial charge in [0.25, 0.3) is 0 Å². The number of hydrogen-bond acceptors (Lipinski definition) is 3. The normalized spacial score (nSPS) is 14.2. The Morgan fingerprint density at radius 3 is 1.42 bits per heavy atom. The Hall–Kier alpha value is -0.650. The molecule has 0 aliphatic rings. The lowest BCUT2D eigenvalue weighted by Crippen LogP contribution is -2.47. The number of unbranched alkanes of at least 4 members (excludes halogenated alkanes) is 6. The zero-order valence-electron chi connectivity index (χ0n) is 12.5. The molecule has 0 amide bonds. The number of hydrogen-bond donors (Lipinski definition) is 0. The first-order valence-corrected chi connectivity index (χ1v) is 8.55. The maximum Gasteiger partial charge on any atom is 0.434 e. The Morgan fingerprint density at radius 1 is 0.667 bits per heavy atom. The summed E-state index contributed by atoms with van der Waals surface area (Å²) >= 11 is 0. The van der Waals surface area contributed by atoms with Gasteiger partial charge in [0.15, 0.2) is 0 Å². The smallest absolute Gasteiger partial charge is 0.198 e. The summed E-state index contributed by atoms with van der Waals surface area (Å²) in [4.78, 5) is 0. The van der Waals surface area contributed by atoms with Gasteiger partial charge in [-0.15, -0.1) is 0 Å². The molecule has 3 nitrogen and oxygen atoms in total. The molecule has 0 heterocycles. The molecule has 0 aliphatic carbocycles. The molecule has 0 atom stereocenters. The second-order valence-corrected chi connectivity index (χ2v) is 6.88. The average molecular weight is 394 g/mol. The van der Waals surface area contributed by atoms with Crippen LogP contribution in [-0.2, 0) is 14.5 Å². The summed E-state index contributed by atoms with van der Waals surface area (Å²) in [5, 5.41) is -5.69. The molecule has 0 fully saturated rings. The topological polar surface area (TPSA) is 43.4 Å². The van der Waals surface area contributed by atoms with E-state index in [0.29, 0.717) is 25.7 Å². The lowest BCUT2D eigenvalue weighted by Gasteiger charge is -2.23. The Balaban J connectivity index is 3.99. The van der Waals surface area contributed by atoms with Crippen LogP contribution >= 0.6 is 0 Å². The van der Waals surface area contributed by atoms with Crippen molar-refractivity contribution >= 4 is 10.1 Å². The highest BCUT2D eigenvalue weighted by molar-refractivity contribution is 7.87. The van der Waals surface area contributed by atoms with Crippen LogP contribution in [0.15, 0.2) is 0 Å². The van der Waals surface area contributed by atoms with Gasteiger partial charge in [0, 0.05) is 12.8 Å². The first-order valence-electron chi connectivity index (χ1n) is 7.14. The standard InChI is InChI=1S/C12H18F8O3S/c13-10(14,12(18,19)24(21,22)23-20)8-6-4-2-1-3-5-7-9-11(15,16)17/h1-9H2. The van der Waals surface area contributed by atoms with E-state index in [1.54, 1.807) is 0 Å². The van der Waals surface area contributed by atoms with Crippen molar-refractivity contribution in [3.05, 3.63) is 0 Å². The van der Waals surface area contributed by atoms with E-state index in [1.807, 2.05) is 4.39 Å². The third-order valence-corrected chi connectivity index (χ3v) is 4.37. The van der Waals surface area contributed by atoms with Gasteiger partial charge in [-0.3, -0.25) is 0 Å². The minimum Gasteiger partial charge on any atom is -0.198 e. The fourth-order valence-electron chi connectivity index (χ4n) is 1.92. The van der Waals surface area contributed by atoms with Gasteiger partial charge < -0.3 is 0 Å². The van der Waals surface area contributed by atoms with Gasteiger partial charge in [0.2, 0.25) is 0 Å². The van der Waals surface area contributed by atoms with Gasteiger partial charge >= 0.3 is 27.5 Å². The van der Waals surface area contributed by atoms with Crippen molar-refractivity contribution in [3.8, 4) is 0 Å². The molecule has 12 heteroatoms. The van der Waals surface area contributed by atoms with Gasteiger partial charge in [-0.2, -0.15) is 39.2 Å². The van der Waals surface area contributed by atoms with Gasteiger partial charge in [0.1, 0.15) is 0 Å². The van der Waals surface area contributed by atoms with Crippen molar-refractivity contribution in [1.29, 1.82) is 0 Å². The fourth-order valence-corrected chi connectivity index (χ4v) is 2.47. The lowest BCUT2D eigenvalue weighted by atomic mass is 10.1. The quantitative estimate of drug-likeness (QED) is 0.323. The predicted molar refractivity (Wildman–Crippen MR) is 68.6 cm³/mol. The highest BCUT2D eigenvalue weighted by Gasteiger charge is 2.66. The van der Waals surface area contributed by atoms with Gasteiger partial charge in [-0.25, -0.2) is 0 Å². The zero-order valence-corrected chi connectivity index (χ0v) is 13.3. The molecule has 0 saturated heterocycles. The summed E-state index contributed by atoms with van der Waals surface area (Å²) in [6.45, 7) is 0. The monoisotopic (exact) mass is 394 g/mol. The molecular weight excluding hydrogens is 376 g/mol. The third-order valence-electron chi connectivity index (χ3n) is 3.27. The molecule has 0 saturated carbocycles. The van der Waals surface area contributed by atoms with Crippen LogP contribution in [0, 0.1) is 0 Å². The van der Waals surface area contributed by atoms with Crippen molar-refractivity contribution in [2.75, 3.05) is 0 Å². The summed E-state index contributed by atoms with van der Waals surface area (Å²) in [5.74, 6) is -5.00. The van der Waals surface area contributed by atoms with Crippen LogP contribution in [-0.4, -0.2) is 25.8 Å². The Morgan fingerprint density at radius 2 is 1.04 bits per heavy atom. The van der Waals surface area contributed by atoms with Crippen LogP contribution in [0.1, 0.15) is 57.8 Å². The molecule has 146 valence electrons. The summed E-state index contributed by atoms with van der Waals surface area (Å²) in [6.07, 6.45) is -5.56. The Labute approximate surface area is 134 Å². The number of halogens is 8. The molecule has 0 spiro atoms. The molecule has 0 bridgehead atoms. The number of rotatable bonds is 12. The highest BCUT2D eigenvalue weighted by atomic mass is 32.2. The Bertz CT molecular complexity index is 461. The molecule has 0 aromatic rings. The third kappa shape index (κ3) is 7.49. The van der Waals surface area contributed by atoms with Crippen LogP contribution in [0.3, 0.4) is 0 Å². The molecule has 0 aromatic heterocycles. The van der Waals surface area contributed by atoms with Crippen LogP contribution in [0.2, 0.25) is 0 Å². The summed E-state index contributed by atoms with van der Waals surface area (Å²) in [6, 6.07) is 0. The summed E-state index contributed by atoms with van der Waals surface area (Å²) in [5.41, 5.74) is 0. The Kier molecular flexibility index (Phi) is 8.91. The first-order chi connectivity index (χ1) is 10.8. The van der Waals surface area contributed by atoms with Crippen LogP contribution < -0.4 is 0 Å². The van der Waals surface area contributed by atoms with E-state index in [-0.39, 0.29) is 12.8 Å². The fraction of sp³-hybridized carbons (Fsp3) is 1.00. The van der Waals surface area contributed by atoms with Gasteiger partial charge in [0.05, 0.1) is 0 Å². The van der Waals surface area contributed by atoms with Crippen LogP contribution in [0.4, 0.5) is 35.3 Å². The van der Waals surface area contributed by atoms with E-state index in [1.165, 1.54) is 0 Å². The largest absolute Gasteiger partial charge is 0.434 e. The minimum absolute atomic E-state index is 0.0467. The van der Waals surface area contributed by atoms with Crippen molar-refractivity contribution in [2.45, 2.75) is 75.1 Å². The van der Waals surface area contributed by atoms with Gasteiger partial charge in [-0.05, 0) is 17.4 Å². The number of alkyl halides is 7. The van der Waals surface area contributed by atoms with Crippen LogP contribution in [0.25, 0.3) is 0 Å². The second-order valence-electron chi connectivity index (χ2n) is 5.33. The van der Waals surface area contributed by atoms with Crippen molar-refractivity contribution < 1.29 is 48.1 Å². The second kappa shape index (κ2) is 9.16. The van der Waals surface area contributed by atoms with E-state index in [4.69, 9.17) is 0 Å². The summed E-state index contributed by atoms with van der Waals surface area (Å²) in [7, 11) is -6.37. The summed E-state index contributed by atoms with van der Waals surface area (Å²) < 4.78 is 122. The minimum atomic E-state index is -6.37. The average Bonchev–Trinajstić information content (AvgIpc) is 2.43. The molecule has 24 heavy (non-hydrogen) atoms. The first kappa shape index (κ1) is 23.4.